The monoisotopic (exact) mass is 206 g/mol. The Hall–Kier alpha value is -0.820. The van der Waals surface area contributed by atoms with E-state index in [4.69, 9.17) is 0 Å². The number of aliphatic hydroxyl groups excluding tert-OH is 1. The molecule has 15 heavy (non-hydrogen) atoms. The third-order valence-corrected chi connectivity index (χ3v) is 3.64. The molecule has 0 spiro atoms. The van der Waals surface area contributed by atoms with Crippen LogP contribution in [-0.2, 0) is 5.41 Å². The lowest BCUT2D eigenvalue weighted by Crippen LogP contribution is -2.38. The smallest absolute Gasteiger partial charge is 0.0633 e. The van der Waals surface area contributed by atoms with E-state index in [2.05, 4.69) is 38.1 Å². The summed E-state index contributed by atoms with van der Waals surface area (Å²) in [6, 6.07) is 10.4. The van der Waals surface area contributed by atoms with Crippen molar-refractivity contribution in [2.24, 2.45) is 0 Å². The van der Waals surface area contributed by atoms with Crippen LogP contribution >= 0.6 is 0 Å². The Balaban J connectivity index is 3.11. The molecule has 1 rings (SSSR count). The van der Waals surface area contributed by atoms with Crippen molar-refractivity contribution < 1.29 is 5.11 Å². The van der Waals surface area contributed by atoms with E-state index in [1.54, 1.807) is 0 Å². The van der Waals surface area contributed by atoms with E-state index in [9.17, 15) is 5.11 Å². The van der Waals surface area contributed by atoms with E-state index in [0.717, 1.165) is 19.3 Å². The molecule has 1 heteroatoms. The minimum Gasteiger partial charge on any atom is -0.392 e. The van der Waals surface area contributed by atoms with E-state index < -0.39 is 0 Å². The summed E-state index contributed by atoms with van der Waals surface area (Å²) in [5.41, 5.74) is 1.21. The van der Waals surface area contributed by atoms with Gasteiger partial charge in [-0.25, -0.2) is 0 Å². The van der Waals surface area contributed by atoms with Crippen molar-refractivity contribution in [2.45, 2.75) is 51.6 Å². The van der Waals surface area contributed by atoms with Crippen LogP contribution in [0.5, 0.6) is 0 Å². The highest BCUT2D eigenvalue weighted by atomic mass is 16.3. The molecule has 0 aliphatic heterocycles. The first-order chi connectivity index (χ1) is 7.21. The average Bonchev–Trinajstić information content (AvgIpc) is 2.32. The molecule has 0 aliphatic rings. The van der Waals surface area contributed by atoms with E-state index in [-0.39, 0.29) is 11.5 Å². The lowest BCUT2D eigenvalue weighted by Gasteiger charge is -2.36. The second kappa shape index (κ2) is 5.32. The summed E-state index contributed by atoms with van der Waals surface area (Å²) >= 11 is 0. The first kappa shape index (κ1) is 12.3. The lowest BCUT2D eigenvalue weighted by molar-refractivity contribution is 0.0698. The molecule has 1 nitrogen and oxygen atoms in total. The Bertz CT molecular complexity index is 275. The van der Waals surface area contributed by atoms with Gasteiger partial charge in [0.25, 0.3) is 0 Å². The fraction of sp³-hybridized carbons (Fsp3) is 0.571. The van der Waals surface area contributed by atoms with Crippen LogP contribution in [0.3, 0.4) is 0 Å². The molecule has 1 unspecified atom stereocenters. The largest absolute Gasteiger partial charge is 0.392 e. The van der Waals surface area contributed by atoms with Crippen LogP contribution in [0.15, 0.2) is 30.3 Å². The zero-order valence-electron chi connectivity index (χ0n) is 10.0. The standard InChI is InChI=1S/C14H22O/c1-4-13(15)14(5-2,6-3)12-10-8-7-9-11-12/h7-11,13,15H,4-6H2,1-3H3. The molecular formula is C14H22O. The minimum absolute atomic E-state index is 0.0595. The molecule has 0 bridgehead atoms. The Kier molecular flexibility index (Phi) is 4.34. The zero-order chi connectivity index (χ0) is 11.3. The molecular weight excluding hydrogens is 184 g/mol. The number of rotatable bonds is 5. The molecule has 1 atom stereocenters. The van der Waals surface area contributed by atoms with Crippen LogP contribution in [-0.4, -0.2) is 11.2 Å². The van der Waals surface area contributed by atoms with Crippen LogP contribution < -0.4 is 0 Å². The summed E-state index contributed by atoms with van der Waals surface area (Å²) < 4.78 is 0. The molecule has 1 N–H and O–H groups in total. The summed E-state index contributed by atoms with van der Waals surface area (Å²) in [5, 5.41) is 10.2. The molecule has 1 aromatic carbocycles. The quantitative estimate of drug-likeness (QED) is 0.781. The molecule has 0 aliphatic carbocycles. The van der Waals surface area contributed by atoms with Gasteiger partial charge in [-0.3, -0.25) is 0 Å². The van der Waals surface area contributed by atoms with Gasteiger partial charge < -0.3 is 5.11 Å². The van der Waals surface area contributed by atoms with Crippen molar-refractivity contribution in [1.82, 2.24) is 0 Å². The van der Waals surface area contributed by atoms with Gasteiger partial charge in [0.2, 0.25) is 0 Å². The van der Waals surface area contributed by atoms with Crippen molar-refractivity contribution in [1.29, 1.82) is 0 Å². The van der Waals surface area contributed by atoms with Crippen LogP contribution in [0.25, 0.3) is 0 Å². The van der Waals surface area contributed by atoms with Gasteiger partial charge in [0.05, 0.1) is 6.10 Å². The SMILES string of the molecule is CCC(O)C(CC)(CC)c1ccccc1. The van der Waals surface area contributed by atoms with E-state index in [0.29, 0.717) is 0 Å². The van der Waals surface area contributed by atoms with Gasteiger partial charge >= 0.3 is 0 Å². The third kappa shape index (κ3) is 2.23. The van der Waals surface area contributed by atoms with Gasteiger partial charge in [0.1, 0.15) is 0 Å². The highest BCUT2D eigenvalue weighted by Crippen LogP contribution is 2.36. The predicted molar refractivity (Wildman–Crippen MR) is 65.0 cm³/mol. The summed E-state index contributed by atoms with van der Waals surface area (Å²) in [6.07, 6.45) is 2.55. The first-order valence-corrected chi connectivity index (χ1v) is 5.94. The normalized spacial score (nSPS) is 13.9. The topological polar surface area (TPSA) is 20.2 Å². The molecule has 0 heterocycles. The molecule has 0 fully saturated rings. The summed E-state index contributed by atoms with van der Waals surface area (Å²) in [6.45, 7) is 6.37. The highest BCUT2D eigenvalue weighted by Gasteiger charge is 2.34. The molecule has 0 aromatic heterocycles. The Labute approximate surface area is 93.1 Å². The first-order valence-electron chi connectivity index (χ1n) is 5.94. The average molecular weight is 206 g/mol. The molecule has 1 aromatic rings. The Morgan fingerprint density at radius 2 is 1.60 bits per heavy atom. The maximum Gasteiger partial charge on any atom is 0.0633 e. The maximum atomic E-state index is 10.2. The molecule has 0 radical (unpaired) electrons. The van der Waals surface area contributed by atoms with Crippen molar-refractivity contribution in [3.05, 3.63) is 35.9 Å². The second-order valence-electron chi connectivity index (χ2n) is 4.15. The summed E-state index contributed by atoms with van der Waals surface area (Å²) in [4.78, 5) is 0. The van der Waals surface area contributed by atoms with Crippen LogP contribution in [0.2, 0.25) is 0 Å². The van der Waals surface area contributed by atoms with Gasteiger partial charge in [-0.05, 0) is 24.8 Å². The van der Waals surface area contributed by atoms with Gasteiger partial charge in [-0.1, -0.05) is 51.1 Å². The Morgan fingerprint density at radius 1 is 1.07 bits per heavy atom. The van der Waals surface area contributed by atoms with Crippen LogP contribution in [0, 0.1) is 0 Å². The van der Waals surface area contributed by atoms with E-state index in [1.807, 2.05) is 13.0 Å². The van der Waals surface area contributed by atoms with Crippen molar-refractivity contribution in [2.75, 3.05) is 0 Å². The van der Waals surface area contributed by atoms with Gasteiger partial charge in [-0.2, -0.15) is 0 Å². The minimum atomic E-state index is -0.241. The van der Waals surface area contributed by atoms with Crippen molar-refractivity contribution in [3.8, 4) is 0 Å². The number of benzene rings is 1. The van der Waals surface area contributed by atoms with Crippen LogP contribution in [0.4, 0.5) is 0 Å². The van der Waals surface area contributed by atoms with Crippen LogP contribution in [0.1, 0.15) is 45.6 Å². The summed E-state index contributed by atoms with van der Waals surface area (Å²) in [5.74, 6) is 0. The van der Waals surface area contributed by atoms with E-state index in [1.165, 1.54) is 5.56 Å². The molecule has 0 amide bonds. The number of hydrogen-bond acceptors (Lipinski definition) is 1. The predicted octanol–water partition coefficient (Wildman–Crippen LogP) is 3.52. The maximum absolute atomic E-state index is 10.2. The third-order valence-electron chi connectivity index (χ3n) is 3.64. The van der Waals surface area contributed by atoms with Gasteiger partial charge in [0.15, 0.2) is 0 Å². The summed E-state index contributed by atoms with van der Waals surface area (Å²) in [7, 11) is 0. The van der Waals surface area contributed by atoms with Crippen molar-refractivity contribution in [3.63, 3.8) is 0 Å². The van der Waals surface area contributed by atoms with Gasteiger partial charge in [0, 0.05) is 5.41 Å². The molecule has 0 saturated heterocycles. The second-order valence-corrected chi connectivity index (χ2v) is 4.15. The zero-order valence-corrected chi connectivity index (χ0v) is 10.0. The lowest BCUT2D eigenvalue weighted by atomic mass is 9.71. The number of hydrogen-bond donors (Lipinski definition) is 1. The Morgan fingerprint density at radius 3 is 2.00 bits per heavy atom. The molecule has 84 valence electrons. The number of aliphatic hydroxyl groups is 1. The fourth-order valence-electron chi connectivity index (χ4n) is 2.48. The fourth-order valence-corrected chi connectivity index (χ4v) is 2.48. The highest BCUT2D eigenvalue weighted by molar-refractivity contribution is 5.26. The molecule has 0 saturated carbocycles. The van der Waals surface area contributed by atoms with E-state index >= 15 is 0 Å². The van der Waals surface area contributed by atoms with Crippen molar-refractivity contribution >= 4 is 0 Å². The van der Waals surface area contributed by atoms with Gasteiger partial charge in [-0.15, -0.1) is 0 Å².